The molecule has 2 aromatic carbocycles. The number of fused-ring (bicyclic) bond motifs is 3. The van der Waals surface area contributed by atoms with Crippen LogP contribution < -0.4 is 21.7 Å². The van der Waals surface area contributed by atoms with Crippen molar-refractivity contribution in [3.63, 3.8) is 0 Å². The number of benzene rings is 2. The van der Waals surface area contributed by atoms with Crippen LogP contribution in [0.3, 0.4) is 0 Å². The lowest BCUT2D eigenvalue weighted by molar-refractivity contribution is -0.136. The van der Waals surface area contributed by atoms with E-state index >= 15 is 0 Å². The minimum absolute atomic E-state index is 0.0570. The number of aromatic nitrogens is 1. The molecule has 43 heavy (non-hydrogen) atoms. The van der Waals surface area contributed by atoms with Crippen LogP contribution in [0, 0.1) is 5.82 Å². The van der Waals surface area contributed by atoms with Crippen LogP contribution in [0.5, 0.6) is 0 Å². The van der Waals surface area contributed by atoms with Crippen LogP contribution in [-0.2, 0) is 39.8 Å². The number of hydrogen-bond donors (Lipinski definition) is 5. The van der Waals surface area contributed by atoms with Crippen LogP contribution in [0.1, 0.15) is 35.2 Å². The van der Waals surface area contributed by atoms with Crippen LogP contribution in [0.2, 0.25) is 0 Å². The van der Waals surface area contributed by atoms with Gasteiger partial charge in [-0.05, 0) is 54.5 Å². The summed E-state index contributed by atoms with van der Waals surface area (Å²) in [5.74, 6) is -1.82. The van der Waals surface area contributed by atoms with Gasteiger partial charge in [0, 0.05) is 17.5 Å². The molecule has 14 heteroatoms. The maximum atomic E-state index is 13.9. The molecule has 0 unspecified atom stereocenters. The molecule has 1 aliphatic rings. The SMILES string of the molecule is CSCC[C@H](NC(=O)[C@@]1(NC(=O)CNC(=O)Cc2ccccc2F)CCc2[nH]c3c(C(F)(F)F)cccc3c2C1)C(N)=S. The van der Waals surface area contributed by atoms with Crippen molar-refractivity contribution in [2.75, 3.05) is 18.6 Å². The third kappa shape index (κ3) is 7.47. The highest BCUT2D eigenvalue weighted by Gasteiger charge is 2.45. The molecule has 3 aromatic rings. The minimum atomic E-state index is -4.60. The Labute approximate surface area is 254 Å². The van der Waals surface area contributed by atoms with E-state index in [-0.39, 0.29) is 41.8 Å². The van der Waals surface area contributed by atoms with Gasteiger partial charge < -0.3 is 26.7 Å². The van der Waals surface area contributed by atoms with Crippen LogP contribution in [0.25, 0.3) is 10.9 Å². The van der Waals surface area contributed by atoms with Gasteiger partial charge in [0.2, 0.25) is 17.7 Å². The zero-order chi connectivity index (χ0) is 31.4. The lowest BCUT2D eigenvalue weighted by Gasteiger charge is -2.38. The summed E-state index contributed by atoms with van der Waals surface area (Å²) >= 11 is 6.68. The lowest BCUT2D eigenvalue weighted by atomic mass is 9.78. The molecule has 1 heterocycles. The Morgan fingerprint density at radius 2 is 1.88 bits per heavy atom. The number of para-hydroxylation sites is 1. The number of thioether (sulfide) groups is 1. The Morgan fingerprint density at radius 1 is 1.14 bits per heavy atom. The molecular weight excluding hydrogens is 606 g/mol. The number of H-pyrrole nitrogens is 1. The van der Waals surface area contributed by atoms with E-state index in [1.54, 1.807) is 6.07 Å². The fourth-order valence-electron chi connectivity index (χ4n) is 5.25. The van der Waals surface area contributed by atoms with E-state index in [4.69, 9.17) is 18.0 Å². The Morgan fingerprint density at radius 3 is 2.56 bits per heavy atom. The molecule has 0 saturated carbocycles. The number of thiocarbonyl (C=S) groups is 1. The van der Waals surface area contributed by atoms with E-state index in [1.807, 2.05) is 6.26 Å². The monoisotopic (exact) mass is 637 g/mol. The van der Waals surface area contributed by atoms with Crippen molar-refractivity contribution in [2.45, 2.75) is 49.9 Å². The van der Waals surface area contributed by atoms with E-state index in [1.165, 1.54) is 42.1 Å². The molecule has 1 aromatic heterocycles. The highest BCUT2D eigenvalue weighted by molar-refractivity contribution is 7.98. The fraction of sp³-hybridized carbons (Fsp3) is 0.379. The van der Waals surface area contributed by atoms with Crippen LogP contribution in [0.4, 0.5) is 17.6 Å². The van der Waals surface area contributed by atoms with Gasteiger partial charge in [-0.3, -0.25) is 14.4 Å². The Bertz CT molecular complexity index is 1540. The molecule has 0 aliphatic heterocycles. The molecule has 8 nitrogen and oxygen atoms in total. The van der Waals surface area contributed by atoms with Gasteiger partial charge in [0.1, 0.15) is 11.4 Å². The summed E-state index contributed by atoms with van der Waals surface area (Å²) in [5.41, 5.74) is 4.55. The molecule has 230 valence electrons. The van der Waals surface area contributed by atoms with Crippen molar-refractivity contribution in [1.29, 1.82) is 0 Å². The standard InChI is InChI=1S/C29H31F4N5O3S2/c1-43-12-10-22(26(34)42)37-27(41)28(38-24(40)15-35-23(39)13-16-5-2-3-8-20(16)30)11-9-21-18(14-28)17-6-4-7-19(25(17)36-21)29(31,32)33/h2-8,22,36H,9-15H2,1H3,(H2,34,42)(H,35,39)(H,37,41)(H,38,40)/t22-,28+/m0/s1. The zero-order valence-corrected chi connectivity index (χ0v) is 24.8. The van der Waals surface area contributed by atoms with E-state index < -0.39 is 53.4 Å². The summed E-state index contributed by atoms with van der Waals surface area (Å²) in [7, 11) is 0. The molecule has 6 N–H and O–H groups in total. The number of nitrogens with one attached hydrogen (secondary N) is 4. The van der Waals surface area contributed by atoms with Gasteiger partial charge in [0.05, 0.1) is 35.1 Å². The second kappa shape index (κ2) is 13.3. The largest absolute Gasteiger partial charge is 0.418 e. The summed E-state index contributed by atoms with van der Waals surface area (Å²) in [5, 5.41) is 8.29. The highest BCUT2D eigenvalue weighted by atomic mass is 32.2. The molecule has 2 atom stereocenters. The summed E-state index contributed by atoms with van der Waals surface area (Å²) in [6, 6.07) is 8.88. The smallest absolute Gasteiger partial charge is 0.392 e. The number of rotatable bonds is 11. The Kier molecular flexibility index (Phi) is 10.0. The molecule has 3 amide bonds. The van der Waals surface area contributed by atoms with Crippen LogP contribution >= 0.6 is 24.0 Å². The molecule has 4 rings (SSSR count). The number of hydrogen-bond acceptors (Lipinski definition) is 5. The van der Waals surface area contributed by atoms with Gasteiger partial charge in [-0.25, -0.2) is 4.39 Å². The molecule has 0 radical (unpaired) electrons. The van der Waals surface area contributed by atoms with E-state index in [9.17, 15) is 31.9 Å². The maximum Gasteiger partial charge on any atom is 0.418 e. The van der Waals surface area contributed by atoms with Gasteiger partial charge in [0.25, 0.3) is 0 Å². The Hall–Kier alpha value is -3.65. The molecule has 0 bridgehead atoms. The predicted molar refractivity (Wildman–Crippen MR) is 161 cm³/mol. The molecule has 1 aliphatic carbocycles. The summed E-state index contributed by atoms with van der Waals surface area (Å²) in [6.45, 7) is -0.507. The molecule has 0 spiro atoms. The molecule has 0 fully saturated rings. The average Bonchev–Trinajstić information content (AvgIpc) is 3.32. The molecule has 0 saturated heterocycles. The van der Waals surface area contributed by atoms with Crippen molar-refractivity contribution in [3.8, 4) is 0 Å². The van der Waals surface area contributed by atoms with Crippen molar-refractivity contribution in [3.05, 3.63) is 70.7 Å². The Balaban J connectivity index is 1.60. The minimum Gasteiger partial charge on any atom is -0.392 e. The quantitative estimate of drug-likeness (QED) is 0.162. The molecular formula is C29H31F4N5O3S2. The van der Waals surface area contributed by atoms with Gasteiger partial charge in [-0.15, -0.1) is 0 Å². The van der Waals surface area contributed by atoms with E-state index in [0.29, 0.717) is 28.8 Å². The number of aryl methyl sites for hydroxylation is 1. The lowest BCUT2D eigenvalue weighted by Crippen LogP contribution is -2.64. The third-order valence-corrected chi connectivity index (χ3v) is 8.37. The van der Waals surface area contributed by atoms with Gasteiger partial charge in [-0.2, -0.15) is 24.9 Å². The first-order valence-electron chi connectivity index (χ1n) is 13.4. The normalized spacial score (nSPS) is 17.1. The average molecular weight is 638 g/mol. The maximum absolute atomic E-state index is 13.9. The summed E-state index contributed by atoms with van der Waals surface area (Å²) < 4.78 is 55.2. The first-order valence-corrected chi connectivity index (χ1v) is 15.2. The van der Waals surface area contributed by atoms with E-state index in [0.717, 1.165) is 6.07 Å². The second-order valence-electron chi connectivity index (χ2n) is 10.4. The zero-order valence-electron chi connectivity index (χ0n) is 23.2. The summed E-state index contributed by atoms with van der Waals surface area (Å²) in [6.07, 6.45) is -2.47. The first-order chi connectivity index (χ1) is 20.3. The number of alkyl halides is 3. The topological polar surface area (TPSA) is 129 Å². The fourth-order valence-corrected chi connectivity index (χ4v) is 5.90. The van der Waals surface area contributed by atoms with E-state index in [2.05, 4.69) is 20.9 Å². The number of amides is 3. The van der Waals surface area contributed by atoms with Gasteiger partial charge >= 0.3 is 6.18 Å². The van der Waals surface area contributed by atoms with Crippen molar-refractivity contribution in [1.82, 2.24) is 20.9 Å². The van der Waals surface area contributed by atoms with Crippen LogP contribution in [0.15, 0.2) is 42.5 Å². The van der Waals surface area contributed by atoms with Crippen LogP contribution in [-0.4, -0.2) is 57.8 Å². The third-order valence-electron chi connectivity index (χ3n) is 7.44. The number of carbonyl (C=O) groups is 3. The highest BCUT2D eigenvalue weighted by Crippen LogP contribution is 2.40. The number of aromatic amines is 1. The van der Waals surface area contributed by atoms with Gasteiger partial charge in [-0.1, -0.05) is 42.5 Å². The first kappa shape index (κ1) is 32.3. The van der Waals surface area contributed by atoms with Crippen molar-refractivity contribution >= 4 is 57.6 Å². The number of carbonyl (C=O) groups excluding carboxylic acids is 3. The summed E-state index contributed by atoms with van der Waals surface area (Å²) in [4.78, 5) is 42.4. The number of halogens is 4. The predicted octanol–water partition coefficient (Wildman–Crippen LogP) is 3.55. The van der Waals surface area contributed by atoms with Crippen molar-refractivity contribution < 1.29 is 31.9 Å². The van der Waals surface area contributed by atoms with Crippen molar-refractivity contribution in [2.24, 2.45) is 5.73 Å². The second-order valence-corrected chi connectivity index (χ2v) is 11.8. The van der Waals surface area contributed by atoms with Gasteiger partial charge in [0.15, 0.2) is 0 Å². The number of nitrogens with two attached hydrogens (primary N) is 1.